The van der Waals surface area contributed by atoms with E-state index in [1.165, 1.54) is 0 Å². The molecule has 8 heteroatoms. The first-order valence-corrected chi connectivity index (χ1v) is 11.7. The summed E-state index contributed by atoms with van der Waals surface area (Å²) in [6, 6.07) is 15.7. The molecule has 0 atom stereocenters. The van der Waals surface area contributed by atoms with Crippen LogP contribution < -0.4 is 29.8 Å². The van der Waals surface area contributed by atoms with Crippen molar-refractivity contribution in [2.45, 2.75) is 0 Å². The predicted molar refractivity (Wildman–Crippen MR) is 144 cm³/mol. The van der Waals surface area contributed by atoms with Crippen LogP contribution in [0.4, 0.5) is 17.1 Å². The highest BCUT2D eigenvalue weighted by Gasteiger charge is 2.33. The molecule has 0 radical (unpaired) electrons. The van der Waals surface area contributed by atoms with Gasteiger partial charge in [0.2, 0.25) is 0 Å². The molecule has 0 spiro atoms. The number of allylic oxidation sites excluding steroid dienone is 1. The Balaban J connectivity index is 1.51. The highest BCUT2D eigenvalue weighted by Crippen LogP contribution is 2.50. The first-order valence-electron chi connectivity index (χ1n) is 11.7. The quantitative estimate of drug-likeness (QED) is 0.387. The van der Waals surface area contributed by atoms with Crippen molar-refractivity contribution in [3.8, 4) is 23.0 Å². The minimum atomic E-state index is 0.560. The van der Waals surface area contributed by atoms with Crippen LogP contribution in [0, 0.1) is 0 Å². The van der Waals surface area contributed by atoms with Gasteiger partial charge in [0.1, 0.15) is 23.8 Å². The summed E-state index contributed by atoms with van der Waals surface area (Å²) in [6.07, 6.45) is 2.14. The maximum atomic E-state index is 6.21. The third-order valence-corrected chi connectivity index (χ3v) is 6.23. The second-order valence-corrected chi connectivity index (χ2v) is 8.78. The number of rotatable bonds is 10. The fourth-order valence-corrected chi connectivity index (χ4v) is 4.35. The van der Waals surface area contributed by atoms with E-state index in [1.54, 1.807) is 21.3 Å². The molecule has 0 aromatic heterocycles. The number of methoxy groups -OCH3 is 3. The molecule has 3 aromatic rings. The van der Waals surface area contributed by atoms with Crippen molar-refractivity contribution in [3.05, 3.63) is 65.2 Å². The van der Waals surface area contributed by atoms with E-state index < -0.39 is 0 Å². The molecule has 36 heavy (non-hydrogen) atoms. The number of anilines is 2. The molecular weight excluding hydrogens is 456 g/mol. The fraction of sp³-hybridized carbons (Fsp3) is 0.250. The van der Waals surface area contributed by atoms with Crippen LogP contribution in [0.1, 0.15) is 16.7 Å². The maximum Gasteiger partial charge on any atom is 0.161 e. The van der Waals surface area contributed by atoms with E-state index in [-0.39, 0.29) is 0 Å². The van der Waals surface area contributed by atoms with Gasteiger partial charge in [0.15, 0.2) is 11.5 Å². The van der Waals surface area contributed by atoms with E-state index in [0.717, 1.165) is 63.1 Å². The minimum Gasteiger partial charge on any atom is -0.497 e. The van der Waals surface area contributed by atoms with Gasteiger partial charge in [-0.1, -0.05) is 0 Å². The molecule has 186 valence electrons. The second-order valence-electron chi connectivity index (χ2n) is 8.78. The summed E-state index contributed by atoms with van der Waals surface area (Å²) in [5.41, 5.74) is 14.3. The Kier molecular flexibility index (Phi) is 6.43. The number of likely N-dealkylation sites (N-methyl/N-ethyl adjacent to an activating group) is 1. The molecule has 5 rings (SSSR count). The van der Waals surface area contributed by atoms with E-state index >= 15 is 0 Å². The lowest BCUT2D eigenvalue weighted by atomic mass is 10.0. The molecule has 3 aromatic carbocycles. The van der Waals surface area contributed by atoms with Gasteiger partial charge in [0.25, 0.3) is 0 Å². The van der Waals surface area contributed by atoms with Crippen LogP contribution >= 0.6 is 0 Å². The van der Waals surface area contributed by atoms with Gasteiger partial charge < -0.3 is 29.3 Å². The van der Waals surface area contributed by atoms with Crippen molar-refractivity contribution in [1.29, 1.82) is 0 Å². The van der Waals surface area contributed by atoms with E-state index in [4.69, 9.17) is 23.9 Å². The molecule has 0 saturated heterocycles. The summed E-state index contributed by atoms with van der Waals surface area (Å²) in [4.78, 5) is 7.07. The zero-order chi connectivity index (χ0) is 25.2. The minimum absolute atomic E-state index is 0.560. The van der Waals surface area contributed by atoms with Crippen molar-refractivity contribution >= 4 is 34.4 Å². The third kappa shape index (κ3) is 4.31. The molecule has 8 nitrogen and oxygen atoms in total. The lowest BCUT2D eigenvalue weighted by Crippen LogP contribution is -2.20. The predicted octanol–water partition coefficient (Wildman–Crippen LogP) is 5.08. The number of benzene rings is 3. The topological polar surface area (TPSA) is 76.6 Å². The number of hydrogen-bond acceptors (Lipinski definition) is 8. The summed E-state index contributed by atoms with van der Waals surface area (Å²) >= 11 is 0. The van der Waals surface area contributed by atoms with E-state index in [0.29, 0.717) is 18.1 Å². The average Bonchev–Trinajstić information content (AvgIpc) is 3.42. The normalized spacial score (nSPS) is 12.8. The molecule has 2 N–H and O–H groups in total. The van der Waals surface area contributed by atoms with Gasteiger partial charge in [-0.15, -0.1) is 0 Å². The van der Waals surface area contributed by atoms with Crippen LogP contribution in [-0.4, -0.2) is 59.2 Å². The molecule has 0 bridgehead atoms. The average molecular weight is 487 g/mol. The zero-order valence-corrected chi connectivity index (χ0v) is 21.1. The molecular formula is C28H30N4O4. The second kappa shape index (κ2) is 9.83. The number of nitrogens with one attached hydrogen (secondary N) is 2. The lowest BCUT2D eigenvalue weighted by Gasteiger charge is -2.19. The van der Waals surface area contributed by atoms with Crippen molar-refractivity contribution in [3.63, 3.8) is 0 Å². The Labute approximate surface area is 211 Å². The standard InChI is InChI=1S/C28H30N4O4/c1-32(2)12-13-36-23-11-10-22-26(28(23)31-30-18-6-8-19(33-3)9-7-18)21-14-17-15-24(34-4)25(35-5)16-20(17)27(21)29-22/h6-11,14-16,30-31H,12-13H2,1-5H3. The SMILES string of the molecule is COc1ccc(NNc2c(OCCN(C)C)ccc3c2C2=Cc4cc(OC)c(OC)cc4C2=N3)cc1. The van der Waals surface area contributed by atoms with Gasteiger partial charge in [0.05, 0.1) is 38.4 Å². The molecule has 0 unspecified atom stereocenters. The van der Waals surface area contributed by atoms with Gasteiger partial charge in [-0.25, -0.2) is 4.99 Å². The molecule has 2 aliphatic rings. The summed E-state index contributed by atoms with van der Waals surface area (Å²) in [6.45, 7) is 1.36. The Hall–Kier alpha value is -4.17. The maximum absolute atomic E-state index is 6.21. The molecule has 1 aliphatic heterocycles. The van der Waals surface area contributed by atoms with Gasteiger partial charge >= 0.3 is 0 Å². The van der Waals surface area contributed by atoms with Crippen LogP contribution in [0.3, 0.4) is 0 Å². The number of nitrogens with zero attached hydrogens (tertiary/aromatic N) is 2. The van der Waals surface area contributed by atoms with Crippen molar-refractivity contribution in [2.24, 2.45) is 4.99 Å². The number of fused-ring (bicyclic) bond motifs is 5. The first-order chi connectivity index (χ1) is 17.5. The van der Waals surface area contributed by atoms with Crippen molar-refractivity contribution < 1.29 is 18.9 Å². The Morgan fingerprint density at radius 2 is 1.58 bits per heavy atom. The van der Waals surface area contributed by atoms with Gasteiger partial charge in [-0.2, -0.15) is 0 Å². The van der Waals surface area contributed by atoms with Crippen molar-refractivity contribution in [2.75, 3.05) is 59.4 Å². The summed E-state index contributed by atoms with van der Waals surface area (Å²) in [7, 11) is 8.99. The van der Waals surface area contributed by atoms with E-state index in [1.807, 2.05) is 62.6 Å². The Morgan fingerprint density at radius 3 is 2.28 bits per heavy atom. The van der Waals surface area contributed by atoms with Crippen LogP contribution in [0.25, 0.3) is 11.6 Å². The molecule has 0 amide bonds. The van der Waals surface area contributed by atoms with Crippen LogP contribution in [0.5, 0.6) is 23.0 Å². The zero-order valence-electron chi connectivity index (χ0n) is 21.1. The van der Waals surface area contributed by atoms with Crippen LogP contribution in [0.2, 0.25) is 0 Å². The van der Waals surface area contributed by atoms with Crippen LogP contribution in [-0.2, 0) is 0 Å². The molecule has 1 aliphatic carbocycles. The fourth-order valence-electron chi connectivity index (χ4n) is 4.35. The number of ether oxygens (including phenoxy) is 4. The van der Waals surface area contributed by atoms with E-state index in [2.05, 4.69) is 21.8 Å². The summed E-state index contributed by atoms with van der Waals surface area (Å²) < 4.78 is 22.5. The summed E-state index contributed by atoms with van der Waals surface area (Å²) in [5, 5.41) is 0. The Morgan fingerprint density at radius 1 is 0.833 bits per heavy atom. The third-order valence-electron chi connectivity index (χ3n) is 6.23. The monoisotopic (exact) mass is 486 g/mol. The lowest BCUT2D eigenvalue weighted by molar-refractivity contribution is 0.262. The molecule has 1 heterocycles. The molecule has 0 fully saturated rings. The Bertz CT molecular complexity index is 1350. The van der Waals surface area contributed by atoms with Gasteiger partial charge in [-0.3, -0.25) is 5.43 Å². The number of hydrogen-bond donors (Lipinski definition) is 2. The number of hydrazine groups is 1. The summed E-state index contributed by atoms with van der Waals surface area (Å²) in [5.74, 6) is 2.91. The van der Waals surface area contributed by atoms with Gasteiger partial charge in [-0.05, 0) is 74.3 Å². The number of aliphatic imine (C=N–C) groups is 1. The first kappa shape index (κ1) is 23.6. The van der Waals surface area contributed by atoms with E-state index in [9.17, 15) is 0 Å². The smallest absolute Gasteiger partial charge is 0.161 e. The highest BCUT2D eigenvalue weighted by atomic mass is 16.5. The molecule has 0 saturated carbocycles. The van der Waals surface area contributed by atoms with Crippen molar-refractivity contribution in [1.82, 2.24) is 4.90 Å². The van der Waals surface area contributed by atoms with Gasteiger partial charge in [0, 0.05) is 23.2 Å². The van der Waals surface area contributed by atoms with Crippen LogP contribution in [0.15, 0.2) is 53.5 Å². The largest absolute Gasteiger partial charge is 0.497 e. The highest BCUT2D eigenvalue weighted by molar-refractivity contribution is 6.44.